The van der Waals surface area contributed by atoms with Gasteiger partial charge in [-0.15, -0.1) is 0 Å². The molecule has 2 aromatic rings. The Morgan fingerprint density at radius 3 is 2.79 bits per heavy atom. The van der Waals surface area contributed by atoms with Gasteiger partial charge in [-0.2, -0.15) is 5.26 Å². The van der Waals surface area contributed by atoms with Crippen molar-refractivity contribution in [2.75, 3.05) is 19.6 Å². The van der Waals surface area contributed by atoms with Crippen molar-refractivity contribution in [1.82, 2.24) is 19.8 Å². The Balaban J connectivity index is 1.61. The third-order valence-corrected chi connectivity index (χ3v) is 5.43. The number of hydrogen-bond donors (Lipinski definition) is 2. The van der Waals surface area contributed by atoms with Crippen LogP contribution in [0, 0.1) is 17.2 Å². The van der Waals surface area contributed by atoms with Crippen molar-refractivity contribution in [3.05, 3.63) is 47.0 Å². The van der Waals surface area contributed by atoms with Crippen LogP contribution in [0.1, 0.15) is 58.6 Å². The highest BCUT2D eigenvalue weighted by atomic mass is 16.2. The number of amides is 2. The number of carbonyl (C=O) groups is 2. The summed E-state index contributed by atoms with van der Waals surface area (Å²) in [7, 11) is 1.74. The lowest BCUT2D eigenvalue weighted by atomic mass is 10.0. The lowest BCUT2D eigenvalue weighted by Crippen LogP contribution is -2.39. The van der Waals surface area contributed by atoms with Gasteiger partial charge in [-0.25, -0.2) is 0 Å². The molecule has 1 unspecified atom stereocenters. The van der Waals surface area contributed by atoms with Crippen LogP contribution in [0.2, 0.25) is 0 Å². The van der Waals surface area contributed by atoms with E-state index >= 15 is 0 Å². The van der Waals surface area contributed by atoms with Crippen molar-refractivity contribution < 1.29 is 9.59 Å². The Labute approximate surface area is 165 Å². The van der Waals surface area contributed by atoms with Crippen LogP contribution >= 0.6 is 0 Å². The van der Waals surface area contributed by atoms with E-state index in [1.165, 1.54) is 0 Å². The highest BCUT2D eigenvalue weighted by molar-refractivity contribution is 5.93. The SMILES string of the molecule is CCc1ccc(C(=O)NCC2CCCCN(C(=O)c3ccc(C#N)n3C)C2)[nH]1. The van der Waals surface area contributed by atoms with Gasteiger partial charge in [-0.3, -0.25) is 9.59 Å². The normalized spacial score (nSPS) is 17.0. The van der Waals surface area contributed by atoms with Crippen LogP contribution in [0.4, 0.5) is 0 Å². The highest BCUT2D eigenvalue weighted by Gasteiger charge is 2.25. The average molecular weight is 381 g/mol. The predicted octanol–water partition coefficient (Wildman–Crippen LogP) is 2.46. The summed E-state index contributed by atoms with van der Waals surface area (Å²) in [5.41, 5.74) is 2.61. The van der Waals surface area contributed by atoms with Gasteiger partial charge in [0.25, 0.3) is 11.8 Å². The van der Waals surface area contributed by atoms with Crippen LogP contribution in [-0.4, -0.2) is 45.9 Å². The third kappa shape index (κ3) is 4.28. The van der Waals surface area contributed by atoms with Crippen molar-refractivity contribution >= 4 is 11.8 Å². The van der Waals surface area contributed by atoms with E-state index in [-0.39, 0.29) is 17.7 Å². The average Bonchev–Trinajstić information content (AvgIpc) is 3.26. The first-order chi connectivity index (χ1) is 13.5. The molecule has 7 nitrogen and oxygen atoms in total. The topological polar surface area (TPSA) is 93.9 Å². The van der Waals surface area contributed by atoms with Gasteiger partial charge in [-0.1, -0.05) is 13.3 Å². The molecule has 148 valence electrons. The molecule has 3 rings (SSSR count). The molecule has 28 heavy (non-hydrogen) atoms. The van der Waals surface area contributed by atoms with E-state index in [4.69, 9.17) is 5.26 Å². The summed E-state index contributed by atoms with van der Waals surface area (Å²) in [5, 5.41) is 12.1. The molecule has 2 aromatic heterocycles. The Hall–Kier alpha value is -3.01. The molecule has 3 heterocycles. The minimum Gasteiger partial charge on any atom is -0.354 e. The van der Waals surface area contributed by atoms with Gasteiger partial charge in [0.1, 0.15) is 23.2 Å². The molecule has 0 spiro atoms. The van der Waals surface area contributed by atoms with Gasteiger partial charge in [0.15, 0.2) is 0 Å². The summed E-state index contributed by atoms with van der Waals surface area (Å²) in [5.74, 6) is 0.0498. The first-order valence-electron chi connectivity index (χ1n) is 9.84. The number of rotatable bonds is 5. The Bertz CT molecular complexity index is 889. The second-order valence-electron chi connectivity index (χ2n) is 7.35. The molecule has 1 atom stereocenters. The molecule has 7 heteroatoms. The standard InChI is InChI=1S/C21H27N5O2/c1-3-16-7-9-18(24-16)20(27)23-13-15-6-4-5-11-26(14-15)21(28)19-10-8-17(12-22)25(19)2/h7-10,15,24H,3-6,11,13-14H2,1-2H3,(H,23,27). The zero-order valence-corrected chi connectivity index (χ0v) is 16.5. The molecular formula is C21H27N5O2. The van der Waals surface area contributed by atoms with E-state index in [9.17, 15) is 9.59 Å². The number of aryl methyl sites for hydroxylation is 1. The smallest absolute Gasteiger partial charge is 0.270 e. The monoisotopic (exact) mass is 381 g/mol. The number of likely N-dealkylation sites (tertiary alicyclic amines) is 1. The quantitative estimate of drug-likeness (QED) is 0.833. The van der Waals surface area contributed by atoms with Gasteiger partial charge >= 0.3 is 0 Å². The van der Waals surface area contributed by atoms with Crippen LogP contribution in [-0.2, 0) is 13.5 Å². The maximum Gasteiger partial charge on any atom is 0.270 e. The second-order valence-corrected chi connectivity index (χ2v) is 7.35. The molecule has 1 aliphatic heterocycles. The van der Waals surface area contributed by atoms with E-state index in [1.807, 2.05) is 17.9 Å². The van der Waals surface area contributed by atoms with E-state index in [0.717, 1.165) is 31.4 Å². The van der Waals surface area contributed by atoms with Crippen molar-refractivity contribution in [3.63, 3.8) is 0 Å². The highest BCUT2D eigenvalue weighted by Crippen LogP contribution is 2.19. The maximum absolute atomic E-state index is 12.9. The molecule has 0 bridgehead atoms. The number of aromatic nitrogens is 2. The molecule has 0 aliphatic carbocycles. The molecule has 0 saturated carbocycles. The van der Waals surface area contributed by atoms with Gasteiger partial charge in [-0.05, 0) is 49.4 Å². The van der Waals surface area contributed by atoms with Gasteiger partial charge in [0.2, 0.25) is 0 Å². The summed E-state index contributed by atoms with van der Waals surface area (Å²) >= 11 is 0. The zero-order valence-electron chi connectivity index (χ0n) is 16.5. The first kappa shape index (κ1) is 19.7. The first-order valence-corrected chi connectivity index (χ1v) is 9.84. The predicted molar refractivity (Wildman–Crippen MR) is 106 cm³/mol. The fraction of sp³-hybridized carbons (Fsp3) is 0.476. The Kier molecular flexibility index (Phi) is 6.19. The van der Waals surface area contributed by atoms with Crippen molar-refractivity contribution in [2.45, 2.75) is 32.6 Å². The van der Waals surface area contributed by atoms with Gasteiger partial charge in [0.05, 0.1) is 0 Å². The molecule has 2 N–H and O–H groups in total. The van der Waals surface area contributed by atoms with Crippen molar-refractivity contribution in [1.29, 1.82) is 5.26 Å². The molecule has 1 fully saturated rings. The summed E-state index contributed by atoms with van der Waals surface area (Å²) in [6, 6.07) is 9.20. The van der Waals surface area contributed by atoms with Crippen LogP contribution in [0.5, 0.6) is 0 Å². The molecule has 2 amide bonds. The number of hydrogen-bond acceptors (Lipinski definition) is 3. The Morgan fingerprint density at radius 2 is 2.11 bits per heavy atom. The molecule has 0 radical (unpaired) electrons. The van der Waals surface area contributed by atoms with Crippen LogP contribution in [0.25, 0.3) is 0 Å². The number of nitrogens with zero attached hydrogens (tertiary/aromatic N) is 3. The second kappa shape index (κ2) is 8.79. The number of nitriles is 1. The summed E-state index contributed by atoms with van der Waals surface area (Å²) in [4.78, 5) is 30.3. The molecular weight excluding hydrogens is 354 g/mol. The third-order valence-electron chi connectivity index (χ3n) is 5.43. The van der Waals surface area contributed by atoms with Crippen LogP contribution in [0.3, 0.4) is 0 Å². The fourth-order valence-corrected chi connectivity index (χ4v) is 3.69. The maximum atomic E-state index is 12.9. The van der Waals surface area contributed by atoms with E-state index < -0.39 is 0 Å². The van der Waals surface area contributed by atoms with Crippen LogP contribution in [0.15, 0.2) is 24.3 Å². The fourth-order valence-electron chi connectivity index (χ4n) is 3.69. The largest absolute Gasteiger partial charge is 0.354 e. The minimum atomic E-state index is -0.108. The number of H-pyrrole nitrogens is 1. The molecule has 0 aromatic carbocycles. The molecule has 1 saturated heterocycles. The lowest BCUT2D eigenvalue weighted by molar-refractivity contribution is 0.0730. The van der Waals surface area contributed by atoms with E-state index in [2.05, 4.69) is 16.4 Å². The lowest BCUT2D eigenvalue weighted by Gasteiger charge is -2.25. The van der Waals surface area contributed by atoms with E-state index in [0.29, 0.717) is 36.7 Å². The number of nitrogens with one attached hydrogen (secondary N) is 2. The Morgan fingerprint density at radius 1 is 1.29 bits per heavy atom. The summed E-state index contributed by atoms with van der Waals surface area (Å²) in [6.07, 6.45) is 3.82. The summed E-state index contributed by atoms with van der Waals surface area (Å²) < 4.78 is 1.64. The minimum absolute atomic E-state index is 0.0563. The van der Waals surface area contributed by atoms with Gasteiger partial charge in [0, 0.05) is 32.4 Å². The van der Waals surface area contributed by atoms with Gasteiger partial charge < -0.3 is 19.8 Å². The van der Waals surface area contributed by atoms with Crippen molar-refractivity contribution in [2.24, 2.45) is 13.0 Å². The number of aromatic amines is 1. The van der Waals surface area contributed by atoms with Crippen molar-refractivity contribution in [3.8, 4) is 6.07 Å². The molecule has 1 aliphatic rings. The van der Waals surface area contributed by atoms with E-state index in [1.54, 1.807) is 29.8 Å². The summed E-state index contributed by atoms with van der Waals surface area (Å²) in [6.45, 7) is 3.89. The van der Waals surface area contributed by atoms with Crippen LogP contribution < -0.4 is 5.32 Å². The number of carbonyl (C=O) groups excluding carboxylic acids is 2. The zero-order chi connectivity index (χ0) is 20.1.